The monoisotopic (exact) mass is 362 g/mol. The third-order valence-corrected chi connectivity index (χ3v) is 3.48. The van der Waals surface area contributed by atoms with Crippen LogP contribution in [0.5, 0.6) is 0 Å². The number of rotatable bonds is 4. The molecule has 0 aliphatic rings. The van der Waals surface area contributed by atoms with Crippen LogP contribution in [0.1, 0.15) is 17.3 Å². The van der Waals surface area contributed by atoms with E-state index in [1.807, 2.05) is 30.3 Å². The van der Waals surface area contributed by atoms with Gasteiger partial charge in [-0.25, -0.2) is 4.79 Å². The fraction of sp³-hybridized carbons (Fsp3) is 0.188. The molecular formula is C16H15BrN2O3. The van der Waals surface area contributed by atoms with Crippen molar-refractivity contribution in [3.63, 3.8) is 0 Å². The van der Waals surface area contributed by atoms with Crippen molar-refractivity contribution in [2.24, 2.45) is 0 Å². The number of nitrogens with zero attached hydrogens (tertiary/aromatic N) is 2. The van der Waals surface area contributed by atoms with Crippen molar-refractivity contribution >= 4 is 33.5 Å². The standard InChI is InChI=1S/C16H15BrN2O3/c1-11(15(20)19(2)14-6-4-3-5-7-14)22-16(21)12-8-13(17)10-18-9-12/h3-11H,1-2H3. The number of likely N-dealkylation sites (N-methyl/N-ethyl adjacent to an activating group) is 1. The summed E-state index contributed by atoms with van der Waals surface area (Å²) in [6, 6.07) is 10.8. The lowest BCUT2D eigenvalue weighted by molar-refractivity contribution is -0.126. The Hall–Kier alpha value is -2.21. The summed E-state index contributed by atoms with van der Waals surface area (Å²) in [5.41, 5.74) is 1.02. The lowest BCUT2D eigenvalue weighted by Crippen LogP contribution is -2.37. The van der Waals surface area contributed by atoms with Gasteiger partial charge in [0.05, 0.1) is 5.56 Å². The van der Waals surface area contributed by atoms with Crippen LogP contribution in [0.2, 0.25) is 0 Å². The predicted molar refractivity (Wildman–Crippen MR) is 86.7 cm³/mol. The van der Waals surface area contributed by atoms with Crippen molar-refractivity contribution in [3.8, 4) is 0 Å². The SMILES string of the molecule is CC(OC(=O)c1cncc(Br)c1)C(=O)N(C)c1ccccc1. The number of carbonyl (C=O) groups excluding carboxylic acids is 2. The van der Waals surface area contributed by atoms with E-state index in [4.69, 9.17) is 4.74 Å². The second-order valence-electron chi connectivity index (χ2n) is 4.67. The van der Waals surface area contributed by atoms with Crippen molar-refractivity contribution in [1.29, 1.82) is 0 Å². The minimum atomic E-state index is -0.892. The van der Waals surface area contributed by atoms with Gasteiger partial charge in [-0.15, -0.1) is 0 Å². The molecular weight excluding hydrogens is 348 g/mol. The van der Waals surface area contributed by atoms with Gasteiger partial charge in [0, 0.05) is 29.6 Å². The fourth-order valence-electron chi connectivity index (χ4n) is 1.85. The largest absolute Gasteiger partial charge is 0.449 e. The normalized spacial score (nSPS) is 11.6. The summed E-state index contributed by atoms with van der Waals surface area (Å²) >= 11 is 3.23. The van der Waals surface area contributed by atoms with Crippen molar-refractivity contribution in [2.75, 3.05) is 11.9 Å². The van der Waals surface area contributed by atoms with Crippen LogP contribution in [0.25, 0.3) is 0 Å². The molecule has 6 heteroatoms. The Kier molecular flexibility index (Phi) is 5.27. The van der Waals surface area contributed by atoms with Crippen LogP contribution in [0.4, 0.5) is 5.69 Å². The molecule has 2 aromatic rings. The first-order chi connectivity index (χ1) is 10.5. The number of ether oxygens (including phenoxy) is 1. The minimum Gasteiger partial charge on any atom is -0.449 e. The van der Waals surface area contributed by atoms with Gasteiger partial charge >= 0.3 is 5.97 Å². The van der Waals surface area contributed by atoms with Crippen molar-refractivity contribution in [1.82, 2.24) is 4.98 Å². The van der Waals surface area contributed by atoms with E-state index < -0.39 is 12.1 Å². The molecule has 114 valence electrons. The highest BCUT2D eigenvalue weighted by Crippen LogP contribution is 2.15. The Morgan fingerprint density at radius 3 is 2.55 bits per heavy atom. The predicted octanol–water partition coefficient (Wildman–Crippen LogP) is 3.05. The summed E-state index contributed by atoms with van der Waals surface area (Å²) in [5, 5.41) is 0. The molecule has 1 aromatic heterocycles. The molecule has 0 radical (unpaired) electrons. The van der Waals surface area contributed by atoms with Gasteiger partial charge < -0.3 is 9.64 Å². The van der Waals surface area contributed by atoms with E-state index in [2.05, 4.69) is 20.9 Å². The van der Waals surface area contributed by atoms with Gasteiger partial charge in [-0.3, -0.25) is 9.78 Å². The van der Waals surface area contributed by atoms with Gasteiger partial charge in [-0.1, -0.05) is 18.2 Å². The number of benzene rings is 1. The number of halogens is 1. The molecule has 1 aromatic carbocycles. The van der Waals surface area contributed by atoms with Gasteiger partial charge in [0.1, 0.15) is 0 Å². The van der Waals surface area contributed by atoms with E-state index in [9.17, 15) is 9.59 Å². The van der Waals surface area contributed by atoms with Crippen LogP contribution in [-0.4, -0.2) is 30.0 Å². The average Bonchev–Trinajstić information content (AvgIpc) is 2.54. The maximum atomic E-state index is 12.3. The van der Waals surface area contributed by atoms with Crippen LogP contribution in [0.15, 0.2) is 53.3 Å². The number of hydrogen-bond acceptors (Lipinski definition) is 4. The molecule has 0 saturated heterocycles. The van der Waals surface area contributed by atoms with Crippen LogP contribution < -0.4 is 4.90 Å². The fourth-order valence-corrected chi connectivity index (χ4v) is 2.22. The van der Waals surface area contributed by atoms with E-state index in [-0.39, 0.29) is 11.5 Å². The number of amides is 1. The van der Waals surface area contributed by atoms with Crippen LogP contribution >= 0.6 is 15.9 Å². The third kappa shape index (κ3) is 3.92. The number of esters is 1. The molecule has 22 heavy (non-hydrogen) atoms. The number of para-hydroxylation sites is 1. The third-order valence-electron chi connectivity index (χ3n) is 3.05. The molecule has 1 heterocycles. The molecule has 0 N–H and O–H groups in total. The zero-order valence-electron chi connectivity index (χ0n) is 12.2. The highest BCUT2D eigenvalue weighted by atomic mass is 79.9. The van der Waals surface area contributed by atoms with Gasteiger partial charge in [0.15, 0.2) is 6.10 Å². The number of hydrogen-bond donors (Lipinski definition) is 0. The second kappa shape index (κ2) is 7.17. The first kappa shape index (κ1) is 16.2. The summed E-state index contributed by atoms with van der Waals surface area (Å²) in [6.07, 6.45) is 2.07. The molecule has 1 amide bonds. The molecule has 5 nitrogen and oxygen atoms in total. The van der Waals surface area contributed by atoms with Crippen LogP contribution in [0.3, 0.4) is 0 Å². The van der Waals surface area contributed by atoms with Crippen LogP contribution in [0, 0.1) is 0 Å². The maximum Gasteiger partial charge on any atom is 0.340 e. The van der Waals surface area contributed by atoms with Gasteiger partial charge in [-0.2, -0.15) is 0 Å². The zero-order valence-corrected chi connectivity index (χ0v) is 13.8. The number of pyridine rings is 1. The van der Waals surface area contributed by atoms with E-state index in [0.717, 1.165) is 5.69 Å². The molecule has 0 fully saturated rings. The summed E-state index contributed by atoms with van der Waals surface area (Å²) < 4.78 is 5.87. The topological polar surface area (TPSA) is 59.5 Å². The van der Waals surface area contributed by atoms with Gasteiger partial charge in [-0.05, 0) is 41.1 Å². The number of carbonyl (C=O) groups is 2. The number of anilines is 1. The van der Waals surface area contributed by atoms with Crippen LogP contribution in [-0.2, 0) is 9.53 Å². The highest BCUT2D eigenvalue weighted by Gasteiger charge is 2.23. The molecule has 0 aliphatic carbocycles. The van der Waals surface area contributed by atoms with E-state index in [0.29, 0.717) is 4.47 Å². The Balaban J connectivity index is 2.04. The van der Waals surface area contributed by atoms with Gasteiger partial charge in [0.2, 0.25) is 0 Å². The minimum absolute atomic E-state index is 0.288. The summed E-state index contributed by atoms with van der Waals surface area (Å²) in [6.45, 7) is 1.55. The number of aromatic nitrogens is 1. The Labute approximate surface area is 137 Å². The molecule has 0 saturated carbocycles. The Morgan fingerprint density at radius 2 is 1.91 bits per heavy atom. The average molecular weight is 363 g/mol. The summed E-state index contributed by atoms with van der Waals surface area (Å²) in [4.78, 5) is 29.7. The summed E-state index contributed by atoms with van der Waals surface area (Å²) in [7, 11) is 1.64. The van der Waals surface area contributed by atoms with Gasteiger partial charge in [0.25, 0.3) is 5.91 Å². The lowest BCUT2D eigenvalue weighted by atomic mass is 10.2. The van der Waals surface area contributed by atoms with Crippen molar-refractivity contribution in [3.05, 3.63) is 58.8 Å². The summed E-state index contributed by atoms with van der Waals surface area (Å²) in [5.74, 6) is -0.890. The quantitative estimate of drug-likeness (QED) is 0.784. The molecule has 2 rings (SSSR count). The Morgan fingerprint density at radius 1 is 1.23 bits per heavy atom. The molecule has 1 unspecified atom stereocenters. The first-order valence-electron chi connectivity index (χ1n) is 6.63. The molecule has 1 atom stereocenters. The molecule has 0 aliphatic heterocycles. The zero-order chi connectivity index (χ0) is 16.1. The first-order valence-corrected chi connectivity index (χ1v) is 7.42. The van der Waals surface area contributed by atoms with E-state index >= 15 is 0 Å². The van der Waals surface area contributed by atoms with E-state index in [1.54, 1.807) is 26.2 Å². The second-order valence-corrected chi connectivity index (χ2v) is 5.59. The van der Waals surface area contributed by atoms with Crippen molar-refractivity contribution < 1.29 is 14.3 Å². The van der Waals surface area contributed by atoms with Crippen molar-refractivity contribution in [2.45, 2.75) is 13.0 Å². The maximum absolute atomic E-state index is 12.3. The lowest BCUT2D eigenvalue weighted by Gasteiger charge is -2.21. The smallest absolute Gasteiger partial charge is 0.340 e. The van der Waals surface area contributed by atoms with E-state index in [1.165, 1.54) is 11.1 Å². The Bertz CT molecular complexity index is 676. The highest BCUT2D eigenvalue weighted by molar-refractivity contribution is 9.10. The molecule has 0 spiro atoms. The molecule has 0 bridgehead atoms.